The van der Waals surface area contributed by atoms with E-state index in [4.69, 9.17) is 11.2 Å². The number of nitrogens with zero attached hydrogens (tertiary/aromatic N) is 1. The molecule has 1 unspecified atom stereocenters. The number of ether oxygens (including phenoxy) is 1. The number of rotatable bonds is 5. The second-order valence-electron chi connectivity index (χ2n) is 4.28. The van der Waals surface area contributed by atoms with E-state index in [-0.39, 0.29) is 0 Å². The first kappa shape index (κ1) is 12.5. The Bertz CT molecular complexity index is 204. The fourth-order valence-electron chi connectivity index (χ4n) is 2.09. The van der Waals surface area contributed by atoms with Gasteiger partial charge >= 0.3 is 0 Å². The van der Waals surface area contributed by atoms with Crippen LogP contribution in [0.5, 0.6) is 0 Å². The zero-order valence-electron chi connectivity index (χ0n) is 9.83. The van der Waals surface area contributed by atoms with Gasteiger partial charge in [0, 0.05) is 32.3 Å². The van der Waals surface area contributed by atoms with Crippen LogP contribution in [0.2, 0.25) is 0 Å². The van der Waals surface area contributed by atoms with E-state index in [1.165, 1.54) is 12.8 Å². The summed E-state index contributed by atoms with van der Waals surface area (Å²) in [7, 11) is 1.74. The number of likely N-dealkylation sites (tertiary alicyclic amines) is 1. The number of hydrogen-bond donors (Lipinski definition) is 1. The topological polar surface area (TPSA) is 24.5 Å². The van der Waals surface area contributed by atoms with Gasteiger partial charge in [0.05, 0.1) is 13.2 Å². The molecule has 1 heterocycles. The van der Waals surface area contributed by atoms with Crippen molar-refractivity contribution in [2.45, 2.75) is 31.8 Å². The van der Waals surface area contributed by atoms with E-state index < -0.39 is 0 Å². The first-order valence-corrected chi connectivity index (χ1v) is 5.67. The second kappa shape index (κ2) is 6.84. The van der Waals surface area contributed by atoms with Gasteiger partial charge in [-0.05, 0) is 19.8 Å². The van der Waals surface area contributed by atoms with Crippen LogP contribution in [0.3, 0.4) is 0 Å². The monoisotopic (exact) mass is 210 g/mol. The minimum Gasteiger partial charge on any atom is -0.383 e. The predicted octanol–water partition coefficient (Wildman–Crippen LogP) is 0.708. The highest BCUT2D eigenvalue weighted by molar-refractivity contribution is 4.90. The molecule has 1 aliphatic heterocycles. The molecule has 0 spiro atoms. The summed E-state index contributed by atoms with van der Waals surface area (Å²) in [6.07, 6.45) is 7.67. The van der Waals surface area contributed by atoms with Gasteiger partial charge in [-0.25, -0.2) is 0 Å². The number of methoxy groups -OCH3 is 1. The Morgan fingerprint density at radius 1 is 1.53 bits per heavy atom. The van der Waals surface area contributed by atoms with Crippen molar-refractivity contribution in [3.05, 3.63) is 0 Å². The van der Waals surface area contributed by atoms with E-state index in [0.29, 0.717) is 12.1 Å². The van der Waals surface area contributed by atoms with Crippen molar-refractivity contribution in [1.29, 1.82) is 0 Å². The lowest BCUT2D eigenvalue weighted by Gasteiger charge is -2.32. The summed E-state index contributed by atoms with van der Waals surface area (Å²) >= 11 is 0. The quantitative estimate of drug-likeness (QED) is 0.676. The van der Waals surface area contributed by atoms with Gasteiger partial charge in [-0.3, -0.25) is 4.90 Å². The third kappa shape index (κ3) is 4.65. The van der Waals surface area contributed by atoms with Gasteiger partial charge in [-0.1, -0.05) is 5.92 Å². The number of piperidine rings is 1. The molecule has 86 valence electrons. The van der Waals surface area contributed by atoms with Gasteiger partial charge in [-0.2, -0.15) is 0 Å². The van der Waals surface area contributed by atoms with Crippen LogP contribution in [0.4, 0.5) is 0 Å². The van der Waals surface area contributed by atoms with Crippen molar-refractivity contribution in [1.82, 2.24) is 10.2 Å². The second-order valence-corrected chi connectivity index (χ2v) is 4.28. The molecule has 0 amide bonds. The van der Waals surface area contributed by atoms with E-state index in [1.54, 1.807) is 7.11 Å². The molecule has 1 aliphatic rings. The van der Waals surface area contributed by atoms with Crippen molar-refractivity contribution in [2.75, 3.05) is 33.4 Å². The fourth-order valence-corrected chi connectivity index (χ4v) is 2.09. The van der Waals surface area contributed by atoms with E-state index in [1.807, 2.05) is 0 Å². The van der Waals surface area contributed by atoms with E-state index in [0.717, 1.165) is 26.2 Å². The lowest BCUT2D eigenvalue weighted by molar-refractivity contribution is 0.151. The molecule has 0 aromatic rings. The first-order chi connectivity index (χ1) is 7.26. The van der Waals surface area contributed by atoms with Crippen LogP contribution in [-0.4, -0.2) is 50.3 Å². The van der Waals surface area contributed by atoms with Gasteiger partial charge in [0.1, 0.15) is 0 Å². The smallest absolute Gasteiger partial charge is 0.0613 e. The van der Waals surface area contributed by atoms with E-state index >= 15 is 0 Å². The Balaban J connectivity index is 2.17. The molecular weight excluding hydrogens is 188 g/mol. The van der Waals surface area contributed by atoms with E-state index in [2.05, 4.69) is 23.1 Å². The fraction of sp³-hybridized carbons (Fsp3) is 0.833. The van der Waals surface area contributed by atoms with Crippen LogP contribution >= 0.6 is 0 Å². The summed E-state index contributed by atoms with van der Waals surface area (Å²) in [5.41, 5.74) is 0. The number of terminal acetylenes is 1. The van der Waals surface area contributed by atoms with Crippen molar-refractivity contribution in [3.8, 4) is 12.3 Å². The maximum Gasteiger partial charge on any atom is 0.0613 e. The lowest BCUT2D eigenvalue weighted by atomic mass is 10.0. The van der Waals surface area contributed by atoms with Crippen molar-refractivity contribution in [2.24, 2.45) is 0 Å². The summed E-state index contributed by atoms with van der Waals surface area (Å²) in [5, 5.41) is 3.58. The summed E-state index contributed by atoms with van der Waals surface area (Å²) < 4.78 is 5.11. The SMILES string of the molecule is C#CCN1CCC(NC(C)COC)CC1. The number of hydrogen-bond acceptors (Lipinski definition) is 3. The summed E-state index contributed by atoms with van der Waals surface area (Å²) in [5.74, 6) is 2.70. The molecule has 0 saturated carbocycles. The molecule has 1 N–H and O–H groups in total. The summed E-state index contributed by atoms with van der Waals surface area (Å²) in [6, 6.07) is 1.07. The van der Waals surface area contributed by atoms with Crippen LogP contribution < -0.4 is 5.32 Å². The largest absolute Gasteiger partial charge is 0.383 e. The first-order valence-electron chi connectivity index (χ1n) is 5.67. The molecule has 15 heavy (non-hydrogen) atoms. The highest BCUT2D eigenvalue weighted by Gasteiger charge is 2.19. The molecule has 3 heteroatoms. The molecule has 1 fully saturated rings. The Morgan fingerprint density at radius 2 is 2.20 bits per heavy atom. The predicted molar refractivity (Wildman–Crippen MR) is 62.8 cm³/mol. The highest BCUT2D eigenvalue weighted by Crippen LogP contribution is 2.10. The minimum absolute atomic E-state index is 0.444. The molecule has 1 atom stereocenters. The number of nitrogens with one attached hydrogen (secondary N) is 1. The Hall–Kier alpha value is -0.560. The Morgan fingerprint density at radius 3 is 2.73 bits per heavy atom. The molecular formula is C12H22N2O. The zero-order chi connectivity index (χ0) is 11.1. The maximum absolute atomic E-state index is 5.29. The molecule has 3 nitrogen and oxygen atoms in total. The van der Waals surface area contributed by atoms with Gasteiger partial charge in [0.15, 0.2) is 0 Å². The van der Waals surface area contributed by atoms with Crippen LogP contribution in [0, 0.1) is 12.3 Å². The summed E-state index contributed by atoms with van der Waals surface area (Å²) in [6.45, 7) is 5.96. The molecule has 0 aromatic carbocycles. The minimum atomic E-state index is 0.444. The van der Waals surface area contributed by atoms with Gasteiger partial charge in [-0.15, -0.1) is 6.42 Å². The van der Waals surface area contributed by atoms with Crippen molar-refractivity contribution < 1.29 is 4.74 Å². The van der Waals surface area contributed by atoms with Gasteiger partial charge in [0.2, 0.25) is 0 Å². The van der Waals surface area contributed by atoms with Crippen molar-refractivity contribution in [3.63, 3.8) is 0 Å². The van der Waals surface area contributed by atoms with Crippen LogP contribution in [-0.2, 0) is 4.74 Å². The molecule has 0 bridgehead atoms. The van der Waals surface area contributed by atoms with Gasteiger partial charge < -0.3 is 10.1 Å². The molecule has 1 saturated heterocycles. The average molecular weight is 210 g/mol. The molecule has 1 rings (SSSR count). The standard InChI is InChI=1S/C12H22N2O/c1-4-7-14-8-5-12(6-9-14)13-11(2)10-15-3/h1,11-13H,5-10H2,2-3H3. The Kier molecular flexibility index (Phi) is 5.70. The van der Waals surface area contributed by atoms with Crippen molar-refractivity contribution >= 4 is 0 Å². The van der Waals surface area contributed by atoms with Gasteiger partial charge in [0.25, 0.3) is 0 Å². The third-order valence-corrected chi connectivity index (χ3v) is 2.84. The molecule has 0 aliphatic carbocycles. The van der Waals surface area contributed by atoms with Crippen LogP contribution in [0.1, 0.15) is 19.8 Å². The normalized spacial score (nSPS) is 21.1. The summed E-state index contributed by atoms with van der Waals surface area (Å²) in [4.78, 5) is 2.33. The zero-order valence-corrected chi connectivity index (χ0v) is 9.83. The van der Waals surface area contributed by atoms with Crippen LogP contribution in [0.15, 0.2) is 0 Å². The van der Waals surface area contributed by atoms with Crippen LogP contribution in [0.25, 0.3) is 0 Å². The lowest BCUT2D eigenvalue weighted by Crippen LogP contribution is -2.46. The Labute approximate surface area is 93.2 Å². The highest BCUT2D eigenvalue weighted by atomic mass is 16.5. The maximum atomic E-state index is 5.29. The molecule has 0 radical (unpaired) electrons. The average Bonchev–Trinajstić information content (AvgIpc) is 2.22. The van der Waals surface area contributed by atoms with E-state index in [9.17, 15) is 0 Å². The molecule has 0 aromatic heterocycles. The third-order valence-electron chi connectivity index (χ3n) is 2.84.